The fourth-order valence-corrected chi connectivity index (χ4v) is 2.45. The second kappa shape index (κ2) is 8.98. The molecule has 2 aromatic rings. The summed E-state index contributed by atoms with van der Waals surface area (Å²) in [6.45, 7) is -1.09. The van der Waals surface area contributed by atoms with Gasteiger partial charge in [0.05, 0.1) is 7.11 Å². The maximum absolute atomic E-state index is 12.4. The smallest absolute Gasteiger partial charge is 0.422 e. The molecule has 0 aliphatic heterocycles. The maximum atomic E-state index is 12.4. The van der Waals surface area contributed by atoms with Gasteiger partial charge in [-0.3, -0.25) is 0 Å². The molecule has 5 nitrogen and oxygen atoms in total. The Hall–Kier alpha value is -2.42. The van der Waals surface area contributed by atoms with Gasteiger partial charge in [-0.15, -0.1) is 0 Å². The molecule has 0 unspecified atom stereocenters. The number of hydrogen-bond acceptors (Lipinski definition) is 3. The van der Waals surface area contributed by atoms with E-state index in [-0.39, 0.29) is 11.5 Å². The minimum atomic E-state index is -4.48. The first-order valence-electron chi connectivity index (χ1n) is 7.82. The third kappa shape index (κ3) is 6.67. The molecule has 0 heterocycles. The van der Waals surface area contributed by atoms with Gasteiger partial charge in [-0.1, -0.05) is 28.1 Å². The van der Waals surface area contributed by atoms with Gasteiger partial charge >= 0.3 is 12.2 Å². The van der Waals surface area contributed by atoms with Gasteiger partial charge in [0.25, 0.3) is 0 Å². The molecule has 9 heteroatoms. The zero-order valence-corrected chi connectivity index (χ0v) is 16.2. The number of ether oxygens (including phenoxy) is 2. The zero-order chi connectivity index (χ0) is 20.0. The highest BCUT2D eigenvalue weighted by molar-refractivity contribution is 9.10. The van der Waals surface area contributed by atoms with Crippen molar-refractivity contribution in [1.82, 2.24) is 4.90 Å². The average Bonchev–Trinajstić information content (AvgIpc) is 2.61. The standard InChI is InChI=1S/C18H18BrF3N2O3/c1-24(10-12-3-5-13(19)6-4-12)17(25)23-14-7-8-15(26-2)16(9-14)27-11-18(20,21)22/h3-9H,10-11H2,1-2H3,(H,23,25). The highest BCUT2D eigenvalue weighted by Gasteiger charge is 2.29. The van der Waals surface area contributed by atoms with E-state index in [1.807, 2.05) is 24.3 Å². The molecule has 0 aliphatic carbocycles. The van der Waals surface area contributed by atoms with Gasteiger partial charge in [0.1, 0.15) is 0 Å². The van der Waals surface area contributed by atoms with Crippen LogP contribution < -0.4 is 14.8 Å². The predicted molar refractivity (Wildman–Crippen MR) is 99.2 cm³/mol. The van der Waals surface area contributed by atoms with Gasteiger partial charge in [-0.05, 0) is 29.8 Å². The molecule has 0 atom stereocenters. The molecule has 2 rings (SSSR count). The summed E-state index contributed by atoms with van der Waals surface area (Å²) in [5.41, 5.74) is 1.22. The van der Waals surface area contributed by atoms with Crippen LogP contribution in [0.4, 0.5) is 23.7 Å². The summed E-state index contributed by atoms with van der Waals surface area (Å²) in [6.07, 6.45) is -4.48. The maximum Gasteiger partial charge on any atom is 0.422 e. The van der Waals surface area contributed by atoms with Crippen molar-refractivity contribution >= 4 is 27.6 Å². The Balaban J connectivity index is 2.04. The molecule has 2 aromatic carbocycles. The summed E-state index contributed by atoms with van der Waals surface area (Å²) >= 11 is 3.34. The van der Waals surface area contributed by atoms with E-state index in [4.69, 9.17) is 9.47 Å². The predicted octanol–water partition coefficient (Wildman–Crippen LogP) is 5.06. The molecule has 27 heavy (non-hydrogen) atoms. The number of anilines is 1. The Kier molecular flexibility index (Phi) is 6.95. The second-order valence-corrected chi connectivity index (χ2v) is 6.60. The van der Waals surface area contributed by atoms with Crippen LogP contribution in [0.5, 0.6) is 11.5 Å². The summed E-state index contributed by atoms with van der Waals surface area (Å²) in [4.78, 5) is 13.8. The third-order valence-corrected chi connectivity index (χ3v) is 4.01. The van der Waals surface area contributed by atoms with Crippen molar-refractivity contribution < 1.29 is 27.4 Å². The molecule has 0 spiro atoms. The lowest BCUT2D eigenvalue weighted by atomic mass is 10.2. The number of amides is 2. The van der Waals surface area contributed by atoms with E-state index in [2.05, 4.69) is 21.2 Å². The number of hydrogen-bond donors (Lipinski definition) is 1. The third-order valence-electron chi connectivity index (χ3n) is 3.49. The van der Waals surface area contributed by atoms with E-state index in [1.54, 1.807) is 7.05 Å². The van der Waals surface area contributed by atoms with Gasteiger partial charge in [-0.2, -0.15) is 13.2 Å². The lowest BCUT2D eigenvalue weighted by Crippen LogP contribution is -2.30. The van der Waals surface area contributed by atoms with Crippen molar-refractivity contribution in [2.24, 2.45) is 0 Å². The quantitative estimate of drug-likeness (QED) is 0.674. The molecule has 2 amide bonds. The largest absolute Gasteiger partial charge is 0.493 e. The van der Waals surface area contributed by atoms with Crippen molar-refractivity contribution in [2.45, 2.75) is 12.7 Å². The minimum absolute atomic E-state index is 0.108. The molecular weight excluding hydrogens is 429 g/mol. The summed E-state index contributed by atoms with van der Waals surface area (Å²) in [5.74, 6) is 0.0312. The number of carbonyl (C=O) groups excluding carboxylic acids is 1. The molecule has 0 saturated heterocycles. The lowest BCUT2D eigenvalue weighted by molar-refractivity contribution is -0.153. The van der Waals surface area contributed by atoms with Crippen LogP contribution in [0.15, 0.2) is 46.9 Å². The Bertz CT molecular complexity index is 782. The monoisotopic (exact) mass is 446 g/mol. The van der Waals surface area contributed by atoms with Crippen molar-refractivity contribution in [2.75, 3.05) is 26.1 Å². The first-order valence-corrected chi connectivity index (χ1v) is 8.61. The van der Waals surface area contributed by atoms with Gasteiger partial charge in [0, 0.05) is 29.8 Å². The summed E-state index contributed by atoms with van der Waals surface area (Å²) in [7, 11) is 2.93. The number of urea groups is 1. The van der Waals surface area contributed by atoms with Crippen LogP contribution in [-0.2, 0) is 6.54 Å². The first kappa shape index (κ1) is 20.9. The molecule has 1 N–H and O–H groups in total. The molecule has 0 saturated carbocycles. The van der Waals surface area contributed by atoms with Crippen molar-refractivity contribution in [1.29, 1.82) is 0 Å². The van der Waals surface area contributed by atoms with E-state index < -0.39 is 18.8 Å². The van der Waals surface area contributed by atoms with E-state index >= 15 is 0 Å². The SMILES string of the molecule is COc1ccc(NC(=O)N(C)Cc2ccc(Br)cc2)cc1OCC(F)(F)F. The fourth-order valence-electron chi connectivity index (χ4n) is 2.18. The number of halogens is 4. The minimum Gasteiger partial charge on any atom is -0.493 e. The van der Waals surface area contributed by atoms with Crippen LogP contribution in [0.25, 0.3) is 0 Å². The van der Waals surface area contributed by atoms with Gasteiger partial charge in [0.15, 0.2) is 18.1 Å². The Morgan fingerprint density at radius 3 is 2.41 bits per heavy atom. The van der Waals surface area contributed by atoms with Crippen LogP contribution in [0.1, 0.15) is 5.56 Å². The van der Waals surface area contributed by atoms with Crippen LogP contribution in [0, 0.1) is 0 Å². The van der Waals surface area contributed by atoms with E-state index in [9.17, 15) is 18.0 Å². The summed E-state index contributed by atoms with van der Waals surface area (Å²) < 4.78 is 47.8. The van der Waals surface area contributed by atoms with Crippen LogP contribution >= 0.6 is 15.9 Å². The highest BCUT2D eigenvalue weighted by Crippen LogP contribution is 2.31. The molecule has 0 bridgehead atoms. The van der Waals surface area contributed by atoms with Crippen molar-refractivity contribution in [3.8, 4) is 11.5 Å². The number of carbonyl (C=O) groups is 1. The topological polar surface area (TPSA) is 50.8 Å². The molecule has 146 valence electrons. The van der Waals surface area contributed by atoms with Crippen LogP contribution in [-0.4, -0.2) is 37.9 Å². The fraction of sp³-hybridized carbons (Fsp3) is 0.278. The molecule has 0 aliphatic rings. The van der Waals surface area contributed by atoms with Gasteiger partial charge in [-0.25, -0.2) is 4.79 Å². The van der Waals surface area contributed by atoms with Crippen molar-refractivity contribution in [3.63, 3.8) is 0 Å². The Labute approximate surface area is 163 Å². The van der Waals surface area contributed by atoms with Gasteiger partial charge in [0.2, 0.25) is 0 Å². The molecular formula is C18H18BrF3N2O3. The number of alkyl halides is 3. The summed E-state index contributed by atoms with van der Waals surface area (Å²) in [5, 5.41) is 2.62. The number of nitrogens with one attached hydrogen (secondary N) is 1. The summed E-state index contributed by atoms with van der Waals surface area (Å²) in [6, 6.07) is 11.3. The Morgan fingerprint density at radius 1 is 1.15 bits per heavy atom. The first-order chi connectivity index (χ1) is 12.7. The Morgan fingerprint density at radius 2 is 1.81 bits per heavy atom. The molecule has 0 radical (unpaired) electrons. The van der Waals surface area contributed by atoms with Gasteiger partial charge < -0.3 is 19.7 Å². The molecule has 0 fully saturated rings. The van der Waals surface area contributed by atoms with E-state index in [1.165, 1.54) is 30.2 Å². The normalized spacial score (nSPS) is 11.0. The second-order valence-electron chi connectivity index (χ2n) is 5.68. The van der Waals surface area contributed by atoms with Crippen molar-refractivity contribution in [3.05, 3.63) is 52.5 Å². The number of rotatable bonds is 6. The lowest BCUT2D eigenvalue weighted by Gasteiger charge is -2.19. The highest BCUT2D eigenvalue weighted by atomic mass is 79.9. The van der Waals surface area contributed by atoms with Crippen LogP contribution in [0.2, 0.25) is 0 Å². The number of nitrogens with zero attached hydrogens (tertiary/aromatic N) is 1. The zero-order valence-electron chi connectivity index (χ0n) is 14.6. The van der Waals surface area contributed by atoms with Crippen LogP contribution in [0.3, 0.4) is 0 Å². The number of benzene rings is 2. The number of methoxy groups -OCH3 is 1. The average molecular weight is 447 g/mol. The van der Waals surface area contributed by atoms with E-state index in [0.29, 0.717) is 12.2 Å². The molecule has 0 aromatic heterocycles. The van der Waals surface area contributed by atoms with E-state index in [0.717, 1.165) is 10.0 Å².